The van der Waals surface area contributed by atoms with E-state index < -0.39 is 11.9 Å². The summed E-state index contributed by atoms with van der Waals surface area (Å²) in [5.41, 5.74) is -1.04. The van der Waals surface area contributed by atoms with Crippen LogP contribution >= 0.6 is 11.8 Å². The van der Waals surface area contributed by atoms with Gasteiger partial charge in [-0.1, -0.05) is 13.5 Å². The molecule has 0 radical (unpaired) electrons. The fraction of sp³-hybridized carbons (Fsp3) is 0.571. The molecule has 0 saturated heterocycles. The number of thioether (sulfide) groups is 1. The van der Waals surface area contributed by atoms with Gasteiger partial charge in [-0.3, -0.25) is 0 Å². The van der Waals surface area contributed by atoms with Gasteiger partial charge in [-0.25, -0.2) is 4.99 Å². The highest BCUT2D eigenvalue weighted by molar-refractivity contribution is 8.13. The van der Waals surface area contributed by atoms with Gasteiger partial charge in [0, 0.05) is 0 Å². The lowest BCUT2D eigenvalue weighted by Crippen LogP contribution is -2.09. The van der Waals surface area contributed by atoms with Gasteiger partial charge in [0.25, 0.3) is 0 Å². The molecule has 0 aromatic carbocycles. The standard InChI is InChI=1S/C7H10F3NS/c1-4-12-6(3)11-5(2)7(8,9)10/h2,4H2,1,3H3. The number of hydrogen-bond acceptors (Lipinski definition) is 2. The van der Waals surface area contributed by atoms with Gasteiger partial charge < -0.3 is 0 Å². The topological polar surface area (TPSA) is 12.4 Å². The summed E-state index contributed by atoms with van der Waals surface area (Å²) >= 11 is 1.26. The monoisotopic (exact) mass is 197 g/mol. The van der Waals surface area contributed by atoms with E-state index in [4.69, 9.17) is 0 Å². The van der Waals surface area contributed by atoms with E-state index in [9.17, 15) is 13.2 Å². The number of halogens is 3. The molecule has 1 nitrogen and oxygen atoms in total. The Labute approximate surface area is 73.8 Å². The summed E-state index contributed by atoms with van der Waals surface area (Å²) in [7, 11) is 0. The molecule has 0 fully saturated rings. The fourth-order valence-corrected chi connectivity index (χ4v) is 1.09. The Balaban J connectivity index is 4.24. The number of allylic oxidation sites excluding steroid dienone is 1. The van der Waals surface area contributed by atoms with Gasteiger partial charge in [-0.15, -0.1) is 11.8 Å². The van der Waals surface area contributed by atoms with E-state index in [0.29, 0.717) is 10.8 Å². The number of aliphatic imine (C=N–C) groups is 1. The first kappa shape index (κ1) is 11.6. The van der Waals surface area contributed by atoms with Crippen LogP contribution < -0.4 is 0 Å². The van der Waals surface area contributed by atoms with E-state index in [-0.39, 0.29) is 0 Å². The summed E-state index contributed by atoms with van der Waals surface area (Å²) in [4.78, 5) is 3.30. The minimum absolute atomic E-state index is 0.389. The van der Waals surface area contributed by atoms with Crippen LogP contribution in [0.25, 0.3) is 0 Å². The van der Waals surface area contributed by atoms with Crippen molar-refractivity contribution in [1.29, 1.82) is 0 Å². The Kier molecular flexibility index (Phi) is 4.37. The zero-order valence-electron chi connectivity index (χ0n) is 6.90. The van der Waals surface area contributed by atoms with Gasteiger partial charge in [0.15, 0.2) is 0 Å². The largest absolute Gasteiger partial charge is 0.432 e. The van der Waals surface area contributed by atoms with Crippen molar-refractivity contribution in [3.8, 4) is 0 Å². The lowest BCUT2D eigenvalue weighted by atomic mass is 10.5. The van der Waals surface area contributed by atoms with Gasteiger partial charge in [0.2, 0.25) is 0 Å². The number of nitrogens with zero attached hydrogens (tertiary/aromatic N) is 1. The smallest absolute Gasteiger partial charge is 0.242 e. The van der Waals surface area contributed by atoms with Gasteiger partial charge >= 0.3 is 6.18 Å². The zero-order chi connectivity index (χ0) is 9.78. The molecule has 0 aliphatic heterocycles. The molecular weight excluding hydrogens is 187 g/mol. The SMILES string of the molecule is C=C(N=C(C)SCC)C(F)(F)F. The highest BCUT2D eigenvalue weighted by atomic mass is 32.2. The van der Waals surface area contributed by atoms with Crippen molar-refractivity contribution in [2.24, 2.45) is 4.99 Å². The Bertz CT molecular complexity index is 195. The van der Waals surface area contributed by atoms with E-state index in [2.05, 4.69) is 11.6 Å². The molecule has 0 heterocycles. The third-order valence-corrected chi connectivity index (χ3v) is 1.77. The van der Waals surface area contributed by atoms with Crippen LogP contribution in [0.5, 0.6) is 0 Å². The average molecular weight is 197 g/mol. The molecule has 0 aromatic rings. The molecule has 0 aromatic heterocycles. The number of rotatable bonds is 2. The van der Waals surface area contributed by atoms with E-state index in [1.165, 1.54) is 18.7 Å². The lowest BCUT2D eigenvalue weighted by molar-refractivity contribution is -0.0918. The van der Waals surface area contributed by atoms with Crippen molar-refractivity contribution in [2.75, 3.05) is 5.75 Å². The molecule has 12 heavy (non-hydrogen) atoms. The van der Waals surface area contributed by atoms with Gasteiger partial charge in [-0.2, -0.15) is 13.2 Å². The normalized spacial score (nSPS) is 13.2. The molecule has 0 aliphatic carbocycles. The van der Waals surface area contributed by atoms with Crippen molar-refractivity contribution >= 4 is 16.8 Å². The summed E-state index contributed by atoms with van der Waals surface area (Å²) in [5.74, 6) is 0.709. The maximum atomic E-state index is 11.8. The minimum atomic E-state index is -4.41. The van der Waals surface area contributed by atoms with E-state index >= 15 is 0 Å². The summed E-state index contributed by atoms with van der Waals surface area (Å²) in [6.07, 6.45) is -4.41. The predicted molar refractivity (Wildman–Crippen MR) is 46.4 cm³/mol. The predicted octanol–water partition coefficient (Wildman–Crippen LogP) is 3.23. The fourth-order valence-electron chi connectivity index (χ4n) is 0.495. The number of hydrogen-bond donors (Lipinski definition) is 0. The first-order chi connectivity index (χ1) is 5.38. The maximum Gasteiger partial charge on any atom is 0.432 e. The molecule has 5 heteroatoms. The van der Waals surface area contributed by atoms with Crippen molar-refractivity contribution < 1.29 is 13.2 Å². The Morgan fingerprint density at radius 3 is 2.33 bits per heavy atom. The van der Waals surface area contributed by atoms with Crippen molar-refractivity contribution in [3.05, 3.63) is 12.3 Å². The molecular formula is C7H10F3NS. The van der Waals surface area contributed by atoms with Gasteiger partial charge in [-0.05, 0) is 12.7 Å². The third kappa shape index (κ3) is 4.43. The first-order valence-electron chi connectivity index (χ1n) is 3.32. The van der Waals surface area contributed by atoms with Gasteiger partial charge in [0.1, 0.15) is 5.70 Å². The molecule has 0 amide bonds. The number of alkyl halides is 3. The molecule has 0 rings (SSSR count). The second-order valence-electron chi connectivity index (χ2n) is 2.01. The van der Waals surface area contributed by atoms with Crippen LogP contribution in [0, 0.1) is 0 Å². The molecule has 70 valence electrons. The average Bonchev–Trinajstić information content (AvgIpc) is 1.85. The van der Waals surface area contributed by atoms with Crippen molar-refractivity contribution in [3.63, 3.8) is 0 Å². The molecule has 0 saturated carbocycles. The van der Waals surface area contributed by atoms with Gasteiger partial charge in [0.05, 0.1) is 5.04 Å². The van der Waals surface area contributed by atoms with Crippen LogP contribution in [0.3, 0.4) is 0 Å². The van der Waals surface area contributed by atoms with Crippen LogP contribution in [0.15, 0.2) is 17.3 Å². The lowest BCUT2D eigenvalue weighted by Gasteiger charge is -2.05. The van der Waals surface area contributed by atoms with Crippen molar-refractivity contribution in [2.45, 2.75) is 20.0 Å². The summed E-state index contributed by atoms with van der Waals surface area (Å²) < 4.78 is 35.5. The zero-order valence-corrected chi connectivity index (χ0v) is 7.72. The van der Waals surface area contributed by atoms with Crippen LogP contribution in [0.2, 0.25) is 0 Å². The van der Waals surface area contributed by atoms with Crippen LogP contribution in [-0.4, -0.2) is 17.0 Å². The summed E-state index contributed by atoms with van der Waals surface area (Å²) in [6.45, 7) is 6.20. The molecule has 0 bridgehead atoms. The summed E-state index contributed by atoms with van der Waals surface area (Å²) in [6, 6.07) is 0. The molecule has 0 aliphatic rings. The van der Waals surface area contributed by atoms with Crippen LogP contribution in [-0.2, 0) is 0 Å². The second kappa shape index (κ2) is 4.54. The Hall–Kier alpha value is -0.450. The van der Waals surface area contributed by atoms with Crippen molar-refractivity contribution in [1.82, 2.24) is 0 Å². The van der Waals surface area contributed by atoms with Crippen LogP contribution in [0.1, 0.15) is 13.8 Å². The Morgan fingerprint density at radius 2 is 2.00 bits per heavy atom. The molecule has 0 unspecified atom stereocenters. The van der Waals surface area contributed by atoms with E-state index in [1.807, 2.05) is 6.92 Å². The van der Waals surface area contributed by atoms with E-state index in [0.717, 1.165) is 0 Å². The maximum absolute atomic E-state index is 11.8. The quantitative estimate of drug-likeness (QED) is 0.489. The molecule has 0 atom stereocenters. The van der Waals surface area contributed by atoms with E-state index in [1.54, 1.807) is 0 Å². The third-order valence-electron chi connectivity index (χ3n) is 0.973. The second-order valence-corrected chi connectivity index (χ2v) is 3.47. The minimum Gasteiger partial charge on any atom is -0.242 e. The molecule has 0 N–H and O–H groups in total. The first-order valence-corrected chi connectivity index (χ1v) is 4.30. The highest BCUT2D eigenvalue weighted by Crippen LogP contribution is 2.25. The molecule has 0 spiro atoms. The summed E-state index contributed by atoms with van der Waals surface area (Å²) in [5, 5.41) is 0.389. The Morgan fingerprint density at radius 1 is 1.50 bits per heavy atom. The van der Waals surface area contributed by atoms with Crippen LogP contribution in [0.4, 0.5) is 13.2 Å². The highest BCUT2D eigenvalue weighted by Gasteiger charge is 2.31.